The van der Waals surface area contributed by atoms with Gasteiger partial charge in [0.25, 0.3) is 0 Å². The summed E-state index contributed by atoms with van der Waals surface area (Å²) in [6, 6.07) is 15.1. The van der Waals surface area contributed by atoms with Crippen molar-refractivity contribution in [1.29, 1.82) is 0 Å². The van der Waals surface area contributed by atoms with Crippen molar-refractivity contribution >= 4 is 16.8 Å². The maximum atomic E-state index is 5.56. The molecule has 0 saturated carbocycles. The minimum absolute atomic E-state index is 0.258. The van der Waals surface area contributed by atoms with Gasteiger partial charge in [-0.3, -0.25) is 0 Å². The van der Waals surface area contributed by atoms with E-state index in [1.807, 2.05) is 55.6 Å². The normalized spacial score (nSPS) is 10.5. The minimum atomic E-state index is 0.258. The van der Waals surface area contributed by atoms with Crippen molar-refractivity contribution in [2.45, 2.75) is 0 Å². The summed E-state index contributed by atoms with van der Waals surface area (Å²) in [6.45, 7) is 0. The molecule has 0 radical (unpaired) electrons. The first-order chi connectivity index (χ1) is 8.85. The highest BCUT2D eigenvalue weighted by molar-refractivity contribution is 5.72. The van der Waals surface area contributed by atoms with Gasteiger partial charge in [-0.25, -0.2) is 0 Å². The van der Waals surface area contributed by atoms with Crippen LogP contribution in [0.15, 0.2) is 52.9 Å². The topological polar surface area (TPSA) is 47.3 Å². The van der Waals surface area contributed by atoms with Crippen LogP contribution in [0.5, 0.6) is 11.8 Å². The van der Waals surface area contributed by atoms with Crippen LogP contribution in [0, 0.1) is 0 Å². The molecule has 0 aliphatic carbocycles. The Morgan fingerprint density at radius 2 is 1.83 bits per heavy atom. The van der Waals surface area contributed by atoms with Gasteiger partial charge in [0.05, 0.1) is 0 Å². The monoisotopic (exact) mass is 240 g/mol. The Labute approximate surface area is 104 Å². The molecule has 1 aromatic heterocycles. The van der Waals surface area contributed by atoms with Gasteiger partial charge in [0.2, 0.25) is 0 Å². The smallest absolute Gasteiger partial charge is 0.400 e. The molecule has 4 heteroatoms. The number of oxazole rings is 1. The lowest BCUT2D eigenvalue weighted by molar-refractivity contribution is 0.343. The maximum Gasteiger partial charge on any atom is 0.400 e. The molecule has 0 bridgehead atoms. The molecule has 18 heavy (non-hydrogen) atoms. The van der Waals surface area contributed by atoms with Gasteiger partial charge in [-0.05, 0) is 36.4 Å². The quantitative estimate of drug-likeness (QED) is 0.758. The first kappa shape index (κ1) is 10.7. The summed E-state index contributed by atoms with van der Waals surface area (Å²) in [4.78, 5) is 4.25. The fourth-order valence-electron chi connectivity index (χ4n) is 1.69. The fraction of sp³-hybridized carbons (Fsp3) is 0.0714. The molecule has 0 atom stereocenters. The van der Waals surface area contributed by atoms with Crippen molar-refractivity contribution in [1.82, 2.24) is 4.98 Å². The third-order valence-electron chi connectivity index (χ3n) is 2.62. The van der Waals surface area contributed by atoms with Gasteiger partial charge in [-0.1, -0.05) is 12.1 Å². The summed E-state index contributed by atoms with van der Waals surface area (Å²) in [5, 5.41) is 3.04. The van der Waals surface area contributed by atoms with Gasteiger partial charge in [-0.15, -0.1) is 0 Å². The molecular formula is C14H12N2O2. The first-order valence-electron chi connectivity index (χ1n) is 5.66. The summed E-state index contributed by atoms with van der Waals surface area (Å²) < 4.78 is 11.0. The zero-order valence-electron chi connectivity index (χ0n) is 9.88. The van der Waals surface area contributed by atoms with E-state index in [9.17, 15) is 0 Å². The summed E-state index contributed by atoms with van der Waals surface area (Å²) in [7, 11) is 1.87. The maximum absolute atomic E-state index is 5.56. The second kappa shape index (κ2) is 4.41. The van der Waals surface area contributed by atoms with Crippen LogP contribution in [0.3, 0.4) is 0 Å². The predicted molar refractivity (Wildman–Crippen MR) is 70.1 cm³/mol. The fourth-order valence-corrected chi connectivity index (χ4v) is 1.69. The van der Waals surface area contributed by atoms with Crippen molar-refractivity contribution in [3.63, 3.8) is 0 Å². The Hall–Kier alpha value is -2.49. The number of benzene rings is 2. The van der Waals surface area contributed by atoms with Crippen LogP contribution < -0.4 is 10.1 Å². The van der Waals surface area contributed by atoms with E-state index in [1.54, 1.807) is 0 Å². The Balaban J connectivity index is 1.86. The van der Waals surface area contributed by atoms with Crippen molar-refractivity contribution in [3.05, 3.63) is 48.5 Å². The van der Waals surface area contributed by atoms with Crippen LogP contribution >= 0.6 is 0 Å². The second-order valence-electron chi connectivity index (χ2n) is 3.82. The Morgan fingerprint density at radius 1 is 1.06 bits per heavy atom. The number of ether oxygens (including phenoxy) is 1. The number of fused-ring (bicyclic) bond motifs is 1. The van der Waals surface area contributed by atoms with E-state index < -0.39 is 0 Å². The van der Waals surface area contributed by atoms with E-state index >= 15 is 0 Å². The van der Waals surface area contributed by atoms with Crippen molar-refractivity contribution in [2.24, 2.45) is 0 Å². The number of para-hydroxylation sites is 2. The molecule has 90 valence electrons. The van der Waals surface area contributed by atoms with Gasteiger partial charge in [-0.2, -0.15) is 4.98 Å². The Bertz CT molecular complexity index is 626. The van der Waals surface area contributed by atoms with Crippen LogP contribution in [0.25, 0.3) is 11.1 Å². The lowest BCUT2D eigenvalue weighted by Gasteiger charge is -2.02. The zero-order valence-corrected chi connectivity index (χ0v) is 9.88. The van der Waals surface area contributed by atoms with Crippen LogP contribution in [-0.4, -0.2) is 12.0 Å². The number of rotatable bonds is 3. The van der Waals surface area contributed by atoms with Gasteiger partial charge in [0.15, 0.2) is 5.58 Å². The van der Waals surface area contributed by atoms with E-state index in [0.717, 1.165) is 16.8 Å². The highest BCUT2D eigenvalue weighted by Gasteiger charge is 2.06. The Kier molecular flexibility index (Phi) is 2.61. The van der Waals surface area contributed by atoms with Crippen molar-refractivity contribution < 1.29 is 9.15 Å². The number of anilines is 1. The van der Waals surface area contributed by atoms with E-state index in [4.69, 9.17) is 9.15 Å². The third kappa shape index (κ3) is 2.00. The second-order valence-corrected chi connectivity index (χ2v) is 3.82. The largest absolute Gasteiger partial charge is 0.411 e. The molecular weight excluding hydrogens is 228 g/mol. The number of nitrogens with zero attached hydrogens (tertiary/aromatic N) is 1. The van der Waals surface area contributed by atoms with Crippen molar-refractivity contribution in [3.8, 4) is 11.8 Å². The Morgan fingerprint density at radius 3 is 2.56 bits per heavy atom. The number of nitrogens with one attached hydrogen (secondary N) is 1. The molecule has 0 amide bonds. The molecule has 1 heterocycles. The summed E-state index contributed by atoms with van der Waals surface area (Å²) >= 11 is 0. The molecule has 0 fully saturated rings. The molecule has 3 aromatic rings. The van der Waals surface area contributed by atoms with Gasteiger partial charge < -0.3 is 14.5 Å². The minimum Gasteiger partial charge on any atom is -0.411 e. The zero-order chi connectivity index (χ0) is 12.4. The molecule has 1 N–H and O–H groups in total. The average molecular weight is 240 g/mol. The van der Waals surface area contributed by atoms with Gasteiger partial charge in [0.1, 0.15) is 11.3 Å². The summed E-state index contributed by atoms with van der Waals surface area (Å²) in [5.74, 6) is 0.695. The molecule has 0 unspecified atom stereocenters. The van der Waals surface area contributed by atoms with Gasteiger partial charge in [0, 0.05) is 12.7 Å². The lowest BCUT2D eigenvalue weighted by atomic mass is 10.3. The standard InChI is InChI=1S/C14H12N2O2/c1-15-10-6-8-11(9-7-10)17-14-16-12-4-2-3-5-13(12)18-14/h2-9,15H,1H3. The molecule has 0 saturated heterocycles. The average Bonchev–Trinajstić information content (AvgIpc) is 2.82. The SMILES string of the molecule is CNc1ccc(Oc2nc3ccccc3o2)cc1. The molecule has 0 aliphatic heterocycles. The number of hydrogen-bond donors (Lipinski definition) is 1. The lowest BCUT2D eigenvalue weighted by Crippen LogP contribution is -1.88. The highest BCUT2D eigenvalue weighted by atomic mass is 16.6. The number of aromatic nitrogens is 1. The summed E-state index contributed by atoms with van der Waals surface area (Å²) in [6.07, 6.45) is 0.258. The van der Waals surface area contributed by atoms with Crippen LogP contribution in [0.2, 0.25) is 0 Å². The third-order valence-corrected chi connectivity index (χ3v) is 2.62. The molecule has 0 spiro atoms. The van der Waals surface area contributed by atoms with E-state index in [0.29, 0.717) is 5.75 Å². The van der Waals surface area contributed by atoms with Gasteiger partial charge >= 0.3 is 6.08 Å². The highest BCUT2D eigenvalue weighted by Crippen LogP contribution is 2.25. The van der Waals surface area contributed by atoms with Crippen LogP contribution in [0.4, 0.5) is 5.69 Å². The first-order valence-corrected chi connectivity index (χ1v) is 5.66. The van der Waals surface area contributed by atoms with Crippen molar-refractivity contribution in [2.75, 3.05) is 12.4 Å². The molecule has 4 nitrogen and oxygen atoms in total. The number of hydrogen-bond acceptors (Lipinski definition) is 4. The van der Waals surface area contributed by atoms with Crippen LogP contribution in [0.1, 0.15) is 0 Å². The predicted octanol–water partition coefficient (Wildman–Crippen LogP) is 3.66. The van der Waals surface area contributed by atoms with Crippen LogP contribution in [-0.2, 0) is 0 Å². The molecule has 0 aliphatic rings. The van der Waals surface area contributed by atoms with E-state index in [-0.39, 0.29) is 6.08 Å². The molecule has 3 rings (SSSR count). The van der Waals surface area contributed by atoms with E-state index in [1.165, 1.54) is 0 Å². The van der Waals surface area contributed by atoms with E-state index in [2.05, 4.69) is 10.3 Å². The molecule has 2 aromatic carbocycles. The summed E-state index contributed by atoms with van der Waals surface area (Å²) in [5.41, 5.74) is 2.54.